The van der Waals surface area contributed by atoms with Gasteiger partial charge < -0.3 is 10.5 Å². The Morgan fingerprint density at radius 3 is 2.67 bits per heavy atom. The molecule has 0 aromatic rings. The van der Waals surface area contributed by atoms with Crippen LogP contribution < -0.4 is 5.73 Å². The fourth-order valence-electron chi connectivity index (χ4n) is 1.15. The van der Waals surface area contributed by atoms with Crippen LogP contribution in [-0.2, 0) is 4.74 Å². The summed E-state index contributed by atoms with van der Waals surface area (Å²) in [5.74, 6) is 0.715. The Hall–Kier alpha value is -0.0800. The Bertz CT molecular complexity index is 105. The maximum Gasteiger partial charge on any atom is 0.0479 e. The van der Waals surface area contributed by atoms with Crippen molar-refractivity contribution in [3.05, 3.63) is 0 Å². The number of methoxy groups -OCH3 is 1. The van der Waals surface area contributed by atoms with Crippen molar-refractivity contribution in [2.75, 3.05) is 13.7 Å². The quantitative estimate of drug-likeness (QED) is 0.610. The highest BCUT2D eigenvalue weighted by molar-refractivity contribution is 5.04. The molecule has 1 saturated carbocycles. The molecule has 1 fully saturated rings. The van der Waals surface area contributed by atoms with Crippen LogP contribution in [0.2, 0.25) is 0 Å². The van der Waals surface area contributed by atoms with Crippen LogP contribution in [0, 0.1) is 5.92 Å². The van der Waals surface area contributed by atoms with E-state index < -0.39 is 0 Å². The zero-order chi connectivity index (χ0) is 6.91. The Morgan fingerprint density at radius 2 is 2.33 bits per heavy atom. The molecule has 2 nitrogen and oxygen atoms in total. The van der Waals surface area contributed by atoms with Crippen LogP contribution in [0.5, 0.6) is 0 Å². The van der Waals surface area contributed by atoms with Crippen LogP contribution in [0.1, 0.15) is 19.8 Å². The van der Waals surface area contributed by atoms with E-state index >= 15 is 0 Å². The predicted octanol–water partition coefficient (Wildman–Crippen LogP) is 0.760. The first-order chi connectivity index (χ1) is 4.19. The van der Waals surface area contributed by atoms with Crippen molar-refractivity contribution < 1.29 is 4.74 Å². The van der Waals surface area contributed by atoms with Gasteiger partial charge in [0, 0.05) is 19.3 Å². The van der Waals surface area contributed by atoms with E-state index in [1.54, 1.807) is 7.11 Å². The lowest BCUT2D eigenvalue weighted by molar-refractivity contribution is 0.183. The lowest BCUT2D eigenvalue weighted by Gasteiger charge is -2.07. The predicted molar refractivity (Wildman–Crippen MR) is 37.2 cm³/mol. The van der Waals surface area contributed by atoms with Crippen LogP contribution in [0.15, 0.2) is 0 Å². The van der Waals surface area contributed by atoms with Crippen molar-refractivity contribution in [2.24, 2.45) is 11.7 Å². The van der Waals surface area contributed by atoms with Gasteiger partial charge in [0.05, 0.1) is 0 Å². The molecule has 1 rings (SSSR count). The average Bonchev–Trinajstić information content (AvgIpc) is 2.38. The number of hydrogen-bond donors (Lipinski definition) is 1. The molecule has 0 aliphatic heterocycles. The summed E-state index contributed by atoms with van der Waals surface area (Å²) in [4.78, 5) is 0. The molecule has 0 saturated heterocycles. The minimum Gasteiger partial charge on any atom is -0.385 e. The largest absolute Gasteiger partial charge is 0.385 e. The fourth-order valence-corrected chi connectivity index (χ4v) is 1.15. The van der Waals surface area contributed by atoms with Crippen LogP contribution >= 0.6 is 0 Å². The van der Waals surface area contributed by atoms with Crippen molar-refractivity contribution in [1.29, 1.82) is 0 Å². The van der Waals surface area contributed by atoms with E-state index in [1.165, 1.54) is 6.42 Å². The first kappa shape index (κ1) is 7.03. The number of ether oxygens (including phenoxy) is 1. The van der Waals surface area contributed by atoms with Gasteiger partial charge in [0.15, 0.2) is 0 Å². The van der Waals surface area contributed by atoms with Gasteiger partial charge in [0.1, 0.15) is 0 Å². The first-order valence-electron chi connectivity index (χ1n) is 3.47. The van der Waals surface area contributed by atoms with E-state index in [0.29, 0.717) is 5.92 Å². The molecule has 54 valence electrons. The molecule has 2 N–H and O–H groups in total. The molecule has 0 aromatic heterocycles. The molecule has 0 amide bonds. The van der Waals surface area contributed by atoms with Gasteiger partial charge in [-0.3, -0.25) is 0 Å². The van der Waals surface area contributed by atoms with Crippen LogP contribution in [0.4, 0.5) is 0 Å². The molecule has 0 bridgehead atoms. The molecular weight excluding hydrogens is 114 g/mol. The number of hydrogen-bond acceptors (Lipinski definition) is 2. The Labute approximate surface area is 56.4 Å². The van der Waals surface area contributed by atoms with Gasteiger partial charge in [-0.25, -0.2) is 0 Å². The lowest BCUT2D eigenvalue weighted by Crippen LogP contribution is -2.25. The summed E-state index contributed by atoms with van der Waals surface area (Å²) in [6, 6.07) is 0. The molecule has 0 spiro atoms. The fraction of sp³-hybridized carbons (Fsp3) is 1.00. The highest BCUT2D eigenvalue weighted by atomic mass is 16.5. The van der Waals surface area contributed by atoms with Gasteiger partial charge in [-0.2, -0.15) is 0 Å². The summed E-state index contributed by atoms with van der Waals surface area (Å²) in [5.41, 5.74) is 6.03. The molecule has 9 heavy (non-hydrogen) atoms. The SMILES string of the molecule is COCCC1(N)CC1C. The molecule has 0 radical (unpaired) electrons. The summed E-state index contributed by atoms with van der Waals surface area (Å²) in [5, 5.41) is 0. The molecule has 1 aliphatic carbocycles. The summed E-state index contributed by atoms with van der Waals surface area (Å²) in [6.45, 7) is 3.00. The topological polar surface area (TPSA) is 35.2 Å². The zero-order valence-corrected chi connectivity index (χ0v) is 6.18. The van der Waals surface area contributed by atoms with E-state index in [9.17, 15) is 0 Å². The van der Waals surface area contributed by atoms with Crippen molar-refractivity contribution in [3.63, 3.8) is 0 Å². The zero-order valence-electron chi connectivity index (χ0n) is 6.18. The first-order valence-corrected chi connectivity index (χ1v) is 3.47. The molecule has 0 aromatic carbocycles. The van der Waals surface area contributed by atoms with Crippen LogP contribution in [0.3, 0.4) is 0 Å². The van der Waals surface area contributed by atoms with E-state index in [-0.39, 0.29) is 5.54 Å². The smallest absolute Gasteiger partial charge is 0.0479 e. The van der Waals surface area contributed by atoms with Crippen molar-refractivity contribution in [3.8, 4) is 0 Å². The van der Waals surface area contributed by atoms with Crippen molar-refractivity contribution >= 4 is 0 Å². The summed E-state index contributed by atoms with van der Waals surface area (Å²) >= 11 is 0. The Morgan fingerprint density at radius 1 is 1.78 bits per heavy atom. The lowest BCUT2D eigenvalue weighted by atomic mass is 10.2. The van der Waals surface area contributed by atoms with Crippen LogP contribution in [0.25, 0.3) is 0 Å². The summed E-state index contributed by atoms with van der Waals surface area (Å²) in [7, 11) is 1.72. The minimum absolute atomic E-state index is 0.135. The van der Waals surface area contributed by atoms with Gasteiger partial charge >= 0.3 is 0 Å². The molecule has 2 heteroatoms. The Kier molecular flexibility index (Phi) is 1.78. The third-order valence-corrected chi connectivity index (χ3v) is 2.28. The number of rotatable bonds is 3. The van der Waals surface area contributed by atoms with Gasteiger partial charge in [-0.15, -0.1) is 0 Å². The van der Waals surface area contributed by atoms with E-state index in [0.717, 1.165) is 13.0 Å². The second-order valence-corrected chi connectivity index (χ2v) is 3.08. The molecule has 1 aliphatic rings. The van der Waals surface area contributed by atoms with Crippen LogP contribution in [-0.4, -0.2) is 19.3 Å². The monoisotopic (exact) mass is 129 g/mol. The van der Waals surface area contributed by atoms with Gasteiger partial charge in [-0.1, -0.05) is 6.92 Å². The average molecular weight is 129 g/mol. The standard InChI is InChI=1S/C7H15NO/c1-6-5-7(6,8)3-4-9-2/h6H,3-5,8H2,1-2H3. The highest BCUT2D eigenvalue weighted by Crippen LogP contribution is 2.42. The van der Waals surface area contributed by atoms with Gasteiger partial charge in [0.25, 0.3) is 0 Å². The highest BCUT2D eigenvalue weighted by Gasteiger charge is 2.46. The molecular formula is C7H15NO. The van der Waals surface area contributed by atoms with Crippen molar-refractivity contribution in [1.82, 2.24) is 0 Å². The third kappa shape index (κ3) is 1.43. The van der Waals surface area contributed by atoms with E-state index in [4.69, 9.17) is 10.5 Å². The maximum absolute atomic E-state index is 5.90. The molecule has 0 heterocycles. The normalized spacial score (nSPS) is 41.0. The van der Waals surface area contributed by atoms with E-state index in [1.807, 2.05) is 0 Å². The minimum atomic E-state index is 0.135. The molecule has 2 atom stereocenters. The third-order valence-electron chi connectivity index (χ3n) is 2.28. The van der Waals surface area contributed by atoms with Gasteiger partial charge in [-0.05, 0) is 18.8 Å². The van der Waals surface area contributed by atoms with Crippen molar-refractivity contribution in [2.45, 2.75) is 25.3 Å². The number of nitrogens with two attached hydrogens (primary N) is 1. The second kappa shape index (κ2) is 2.27. The molecule has 2 unspecified atom stereocenters. The maximum atomic E-state index is 5.90. The van der Waals surface area contributed by atoms with Gasteiger partial charge in [0.2, 0.25) is 0 Å². The Balaban J connectivity index is 2.13. The summed E-state index contributed by atoms with van der Waals surface area (Å²) < 4.78 is 4.93. The second-order valence-electron chi connectivity index (χ2n) is 3.08. The summed E-state index contributed by atoms with van der Waals surface area (Å²) in [6.07, 6.45) is 2.20. The van der Waals surface area contributed by atoms with E-state index in [2.05, 4.69) is 6.92 Å².